The Morgan fingerprint density at radius 2 is 2.56 bits per heavy atom. The fourth-order valence-corrected chi connectivity index (χ4v) is 1.71. The molecule has 0 aliphatic carbocycles. The first-order valence-corrected chi connectivity index (χ1v) is 6.05. The molecule has 2 rings (SSSR count). The number of aromatic nitrogens is 2. The van der Waals surface area contributed by atoms with Gasteiger partial charge in [-0.05, 0) is 25.8 Å². The number of hydrogen-bond acceptors (Lipinski definition) is 5. The fourth-order valence-electron chi connectivity index (χ4n) is 1.71. The third kappa shape index (κ3) is 3.96. The second-order valence-electron chi connectivity index (χ2n) is 4.21. The van der Waals surface area contributed by atoms with Crippen LogP contribution in [0.2, 0.25) is 0 Å². The highest BCUT2D eigenvalue weighted by Gasteiger charge is 2.16. The summed E-state index contributed by atoms with van der Waals surface area (Å²) in [4.78, 5) is 19.5. The lowest BCUT2D eigenvalue weighted by Crippen LogP contribution is -2.35. The van der Waals surface area contributed by atoms with Crippen LogP contribution in [0.1, 0.15) is 18.5 Å². The number of nitrogens with one attached hydrogen (secondary N) is 1. The predicted molar refractivity (Wildman–Crippen MR) is 64.2 cm³/mol. The average molecular weight is 251 g/mol. The Bertz CT molecular complexity index is 405. The van der Waals surface area contributed by atoms with Crippen molar-refractivity contribution >= 4 is 5.91 Å². The van der Waals surface area contributed by atoms with Crippen LogP contribution in [0, 0.1) is 6.92 Å². The summed E-state index contributed by atoms with van der Waals surface area (Å²) in [6.07, 6.45) is 3.81. The highest BCUT2D eigenvalue weighted by atomic mass is 16.5. The molecule has 6 nitrogen and oxygen atoms in total. The molecule has 0 saturated carbocycles. The molecule has 1 saturated heterocycles. The topological polar surface area (TPSA) is 73.3 Å². The Labute approximate surface area is 106 Å². The van der Waals surface area contributed by atoms with E-state index in [4.69, 9.17) is 9.47 Å². The molecule has 18 heavy (non-hydrogen) atoms. The highest BCUT2D eigenvalue weighted by Crippen LogP contribution is 2.10. The molecule has 98 valence electrons. The van der Waals surface area contributed by atoms with Crippen molar-refractivity contribution < 1.29 is 14.3 Å². The third-order valence-electron chi connectivity index (χ3n) is 2.66. The van der Waals surface area contributed by atoms with Crippen LogP contribution in [0.15, 0.2) is 12.3 Å². The molecule has 1 aromatic heterocycles. The molecule has 0 radical (unpaired) electrons. The van der Waals surface area contributed by atoms with Crippen LogP contribution in [-0.2, 0) is 9.53 Å². The maximum atomic E-state index is 11.5. The van der Waals surface area contributed by atoms with Gasteiger partial charge < -0.3 is 14.8 Å². The lowest BCUT2D eigenvalue weighted by atomic mass is 10.2. The van der Waals surface area contributed by atoms with Gasteiger partial charge in [-0.2, -0.15) is 0 Å². The molecule has 2 heterocycles. The van der Waals surface area contributed by atoms with Gasteiger partial charge in [-0.25, -0.2) is 9.97 Å². The van der Waals surface area contributed by atoms with Gasteiger partial charge in [-0.3, -0.25) is 4.79 Å². The van der Waals surface area contributed by atoms with Crippen LogP contribution in [0.25, 0.3) is 0 Å². The van der Waals surface area contributed by atoms with E-state index >= 15 is 0 Å². The third-order valence-corrected chi connectivity index (χ3v) is 2.66. The molecule has 0 aromatic carbocycles. The first kappa shape index (κ1) is 12.8. The predicted octanol–water partition coefficient (Wildman–Crippen LogP) is 0.459. The van der Waals surface area contributed by atoms with Crippen molar-refractivity contribution in [2.75, 3.05) is 19.8 Å². The molecule has 1 aliphatic heterocycles. The van der Waals surface area contributed by atoms with E-state index in [1.165, 1.54) is 0 Å². The van der Waals surface area contributed by atoms with Gasteiger partial charge in [0.05, 0.1) is 6.10 Å². The second-order valence-corrected chi connectivity index (χ2v) is 4.21. The van der Waals surface area contributed by atoms with Crippen LogP contribution < -0.4 is 10.1 Å². The molecule has 1 aliphatic rings. The Balaban J connectivity index is 1.68. The SMILES string of the molecule is Cc1ccnc(OCC(=O)NCC2CCCO2)n1. The van der Waals surface area contributed by atoms with E-state index in [0.717, 1.165) is 25.1 Å². The number of carbonyl (C=O) groups is 1. The van der Waals surface area contributed by atoms with Crippen LogP contribution in [0.5, 0.6) is 6.01 Å². The summed E-state index contributed by atoms with van der Waals surface area (Å²) in [6, 6.07) is 1.99. The summed E-state index contributed by atoms with van der Waals surface area (Å²) in [5.41, 5.74) is 0.805. The standard InChI is InChI=1S/C12H17N3O3/c1-9-4-5-13-12(15-9)18-8-11(16)14-7-10-3-2-6-17-10/h4-5,10H,2-3,6-8H2,1H3,(H,14,16). The van der Waals surface area contributed by atoms with Crippen LogP contribution in [-0.4, -0.2) is 41.7 Å². The lowest BCUT2D eigenvalue weighted by Gasteiger charge is -2.10. The zero-order valence-electron chi connectivity index (χ0n) is 10.4. The van der Waals surface area contributed by atoms with Crippen LogP contribution in [0.4, 0.5) is 0 Å². The minimum Gasteiger partial charge on any atom is -0.453 e. The summed E-state index contributed by atoms with van der Waals surface area (Å²) in [5, 5.41) is 2.76. The lowest BCUT2D eigenvalue weighted by molar-refractivity contribution is -0.123. The summed E-state index contributed by atoms with van der Waals surface area (Å²) in [6.45, 7) is 3.09. The van der Waals surface area contributed by atoms with Gasteiger partial charge >= 0.3 is 6.01 Å². The van der Waals surface area contributed by atoms with E-state index in [1.54, 1.807) is 12.3 Å². The summed E-state index contributed by atoms with van der Waals surface area (Å²) >= 11 is 0. The van der Waals surface area contributed by atoms with E-state index in [-0.39, 0.29) is 24.6 Å². The summed E-state index contributed by atoms with van der Waals surface area (Å²) < 4.78 is 10.6. The normalized spacial score (nSPS) is 18.6. The van der Waals surface area contributed by atoms with Crippen LogP contribution in [0.3, 0.4) is 0 Å². The van der Waals surface area contributed by atoms with Gasteiger partial charge in [0.2, 0.25) is 0 Å². The Kier molecular flexibility index (Phi) is 4.46. The van der Waals surface area contributed by atoms with E-state index in [2.05, 4.69) is 15.3 Å². The Hall–Kier alpha value is -1.69. The molecule has 1 N–H and O–H groups in total. The van der Waals surface area contributed by atoms with E-state index in [9.17, 15) is 4.79 Å². The molecular formula is C12H17N3O3. The van der Waals surface area contributed by atoms with Crippen molar-refractivity contribution in [2.45, 2.75) is 25.9 Å². The largest absolute Gasteiger partial charge is 0.453 e. The van der Waals surface area contributed by atoms with Crippen LogP contribution >= 0.6 is 0 Å². The number of nitrogens with zero attached hydrogens (tertiary/aromatic N) is 2. The molecule has 1 amide bonds. The number of hydrogen-bond donors (Lipinski definition) is 1. The van der Waals surface area contributed by atoms with E-state index in [1.807, 2.05) is 6.92 Å². The smallest absolute Gasteiger partial charge is 0.317 e. The van der Waals surface area contributed by atoms with Gasteiger partial charge in [-0.1, -0.05) is 0 Å². The molecule has 6 heteroatoms. The number of rotatable bonds is 5. The van der Waals surface area contributed by atoms with Gasteiger partial charge in [0.1, 0.15) is 0 Å². The first-order chi connectivity index (χ1) is 8.74. The molecule has 1 fully saturated rings. The van der Waals surface area contributed by atoms with E-state index in [0.29, 0.717) is 6.54 Å². The average Bonchev–Trinajstić information content (AvgIpc) is 2.87. The summed E-state index contributed by atoms with van der Waals surface area (Å²) in [7, 11) is 0. The highest BCUT2D eigenvalue weighted by molar-refractivity contribution is 5.77. The van der Waals surface area contributed by atoms with Crippen molar-refractivity contribution in [3.8, 4) is 6.01 Å². The van der Waals surface area contributed by atoms with Gasteiger partial charge in [0.15, 0.2) is 6.61 Å². The molecule has 1 atom stereocenters. The zero-order valence-corrected chi connectivity index (χ0v) is 10.4. The van der Waals surface area contributed by atoms with Crippen molar-refractivity contribution in [1.29, 1.82) is 0 Å². The zero-order chi connectivity index (χ0) is 12.8. The molecule has 0 bridgehead atoms. The number of amides is 1. The minimum atomic E-state index is -0.185. The van der Waals surface area contributed by atoms with Crippen molar-refractivity contribution in [2.24, 2.45) is 0 Å². The number of ether oxygens (including phenoxy) is 2. The summed E-state index contributed by atoms with van der Waals surface area (Å²) in [5.74, 6) is -0.185. The fraction of sp³-hybridized carbons (Fsp3) is 0.583. The minimum absolute atomic E-state index is 0.0732. The van der Waals surface area contributed by atoms with Gasteiger partial charge in [0, 0.05) is 25.0 Å². The van der Waals surface area contributed by atoms with Crippen molar-refractivity contribution in [1.82, 2.24) is 15.3 Å². The Morgan fingerprint density at radius 3 is 3.28 bits per heavy atom. The molecule has 0 spiro atoms. The molecular weight excluding hydrogens is 234 g/mol. The first-order valence-electron chi connectivity index (χ1n) is 6.05. The maximum Gasteiger partial charge on any atom is 0.317 e. The molecule has 1 unspecified atom stereocenters. The second kappa shape index (κ2) is 6.30. The van der Waals surface area contributed by atoms with Crippen molar-refractivity contribution in [3.05, 3.63) is 18.0 Å². The van der Waals surface area contributed by atoms with E-state index < -0.39 is 0 Å². The Morgan fingerprint density at radius 1 is 1.67 bits per heavy atom. The number of aryl methyl sites for hydroxylation is 1. The maximum absolute atomic E-state index is 11.5. The van der Waals surface area contributed by atoms with Crippen molar-refractivity contribution in [3.63, 3.8) is 0 Å². The monoisotopic (exact) mass is 251 g/mol. The molecule has 1 aromatic rings. The van der Waals surface area contributed by atoms with Gasteiger partial charge in [-0.15, -0.1) is 0 Å². The quantitative estimate of drug-likeness (QED) is 0.823. The van der Waals surface area contributed by atoms with Gasteiger partial charge in [0.25, 0.3) is 5.91 Å². The number of carbonyl (C=O) groups excluding carboxylic acids is 1.